The second kappa shape index (κ2) is 4.84. The second-order valence-corrected chi connectivity index (χ2v) is 6.33. The van der Waals surface area contributed by atoms with Crippen LogP contribution in [0.15, 0.2) is 36.5 Å². The summed E-state index contributed by atoms with van der Waals surface area (Å²) >= 11 is 0. The van der Waals surface area contributed by atoms with E-state index in [-0.39, 0.29) is 17.6 Å². The van der Waals surface area contributed by atoms with E-state index < -0.39 is 5.97 Å². The van der Waals surface area contributed by atoms with E-state index in [0.29, 0.717) is 19.8 Å². The van der Waals surface area contributed by atoms with Crippen molar-refractivity contribution in [2.75, 3.05) is 19.8 Å². The van der Waals surface area contributed by atoms with E-state index in [9.17, 15) is 4.79 Å². The van der Waals surface area contributed by atoms with Crippen molar-refractivity contribution in [2.45, 2.75) is 19.3 Å². The summed E-state index contributed by atoms with van der Waals surface area (Å²) in [6, 6.07) is 9.66. The Bertz CT molecular complexity index is 712. The smallest absolute Gasteiger partial charge is 0.320 e. The van der Waals surface area contributed by atoms with Gasteiger partial charge in [0.05, 0.1) is 25.3 Å². The number of carbonyl (C=O) groups is 1. The highest BCUT2D eigenvalue weighted by molar-refractivity contribution is 5.91. The summed E-state index contributed by atoms with van der Waals surface area (Å²) in [6.07, 6.45) is 1.90. The molecule has 5 rings (SSSR count). The molecule has 0 amide bonds. The largest absolute Gasteiger partial charge is 0.347 e. The molecule has 1 aromatic heterocycles. The third-order valence-corrected chi connectivity index (χ3v) is 4.24. The number of rotatable bonds is 3. The quantitative estimate of drug-likeness (QED) is 0.868. The molecular formula is C17H17NO4. The number of ether oxygens (including phenoxy) is 3. The molecule has 22 heavy (non-hydrogen) atoms. The first kappa shape index (κ1) is 13.8. The lowest BCUT2D eigenvalue weighted by molar-refractivity contribution is -0.439. The molecule has 3 saturated heterocycles. The molecule has 5 nitrogen and oxygen atoms in total. The molecule has 0 aliphatic carbocycles. The molecule has 3 fully saturated rings. The summed E-state index contributed by atoms with van der Waals surface area (Å²) in [6.45, 7) is 3.46. The number of benzene rings is 1. The lowest BCUT2D eigenvalue weighted by atomic mass is 9.91. The highest BCUT2D eigenvalue weighted by atomic mass is 16.9. The van der Waals surface area contributed by atoms with Crippen LogP contribution in [0, 0.1) is 5.41 Å². The molecule has 4 heterocycles. The normalized spacial score (nSPS) is 30.6. The molecule has 0 atom stereocenters. The van der Waals surface area contributed by atoms with Crippen LogP contribution >= 0.6 is 0 Å². The van der Waals surface area contributed by atoms with Crippen LogP contribution in [0.2, 0.25) is 0 Å². The number of Topliss-reactive ketones (excluding diaryl/α,β-unsaturated/α-hetero) is 1. The van der Waals surface area contributed by atoms with Gasteiger partial charge in [-0.05, 0) is 11.6 Å². The minimum Gasteiger partial charge on any atom is -0.320 e. The first-order chi connectivity index (χ1) is 10.6. The summed E-state index contributed by atoms with van der Waals surface area (Å²) in [5, 5.41) is 1.01. The van der Waals surface area contributed by atoms with Crippen LogP contribution in [0.1, 0.15) is 12.5 Å². The van der Waals surface area contributed by atoms with E-state index in [1.807, 2.05) is 37.3 Å². The van der Waals surface area contributed by atoms with Crippen molar-refractivity contribution in [3.05, 3.63) is 42.1 Å². The Morgan fingerprint density at radius 3 is 2.55 bits per heavy atom. The minimum atomic E-state index is -1.53. The number of carbonyl (C=O) groups excluding carboxylic acids is 1. The molecule has 0 saturated carbocycles. The molecule has 3 aliphatic heterocycles. The monoisotopic (exact) mass is 299 g/mol. The molecule has 0 unspecified atom stereocenters. The lowest BCUT2D eigenvalue weighted by Gasteiger charge is -2.49. The van der Waals surface area contributed by atoms with E-state index in [1.54, 1.807) is 6.20 Å². The second-order valence-electron chi connectivity index (χ2n) is 6.33. The molecule has 5 heteroatoms. The van der Waals surface area contributed by atoms with Crippen LogP contribution in [-0.4, -0.2) is 36.6 Å². The molecule has 2 bridgehead atoms. The van der Waals surface area contributed by atoms with Crippen molar-refractivity contribution in [3.63, 3.8) is 0 Å². The molecule has 2 aromatic rings. The van der Waals surface area contributed by atoms with Gasteiger partial charge in [-0.25, -0.2) is 0 Å². The zero-order chi connectivity index (χ0) is 15.2. The predicted molar refractivity (Wildman–Crippen MR) is 79.1 cm³/mol. The molecule has 0 spiro atoms. The third kappa shape index (κ3) is 2.13. The molecule has 0 N–H and O–H groups in total. The van der Waals surface area contributed by atoms with Gasteiger partial charge < -0.3 is 14.2 Å². The van der Waals surface area contributed by atoms with E-state index in [1.165, 1.54) is 0 Å². The topological polar surface area (TPSA) is 57.7 Å². The van der Waals surface area contributed by atoms with Crippen molar-refractivity contribution >= 4 is 16.7 Å². The lowest BCUT2D eigenvalue weighted by Crippen LogP contribution is -2.62. The minimum absolute atomic E-state index is 0.150. The van der Waals surface area contributed by atoms with E-state index in [2.05, 4.69) is 4.98 Å². The van der Waals surface area contributed by atoms with Gasteiger partial charge in [0.15, 0.2) is 0 Å². The van der Waals surface area contributed by atoms with Gasteiger partial charge in [0.1, 0.15) is 0 Å². The maximum atomic E-state index is 12.7. The number of aromatic nitrogens is 1. The van der Waals surface area contributed by atoms with Crippen molar-refractivity contribution < 1.29 is 19.0 Å². The maximum absolute atomic E-state index is 12.7. The molecule has 3 aliphatic rings. The van der Waals surface area contributed by atoms with E-state index >= 15 is 0 Å². The highest BCUT2D eigenvalue weighted by Gasteiger charge is 2.54. The first-order valence-electron chi connectivity index (χ1n) is 7.38. The van der Waals surface area contributed by atoms with Gasteiger partial charge >= 0.3 is 5.97 Å². The van der Waals surface area contributed by atoms with E-state index in [4.69, 9.17) is 14.2 Å². The van der Waals surface area contributed by atoms with Crippen molar-refractivity contribution in [2.24, 2.45) is 5.41 Å². The zero-order valence-corrected chi connectivity index (χ0v) is 12.4. The van der Waals surface area contributed by atoms with Crippen LogP contribution in [-0.2, 0) is 25.4 Å². The average Bonchev–Trinajstić information content (AvgIpc) is 2.56. The van der Waals surface area contributed by atoms with Gasteiger partial charge in [-0.2, -0.15) is 0 Å². The van der Waals surface area contributed by atoms with Crippen LogP contribution in [0.3, 0.4) is 0 Å². The number of ketones is 1. The molecule has 1 aromatic carbocycles. The standard InChI is InChI=1S/C17H17NO4/c1-16-9-20-17(21-10-16,22-11-16)14(19)8-13-5-2-4-12-6-3-7-18-15(12)13/h2-7H,8-11H2,1H3. The summed E-state index contributed by atoms with van der Waals surface area (Å²) in [7, 11) is 0. The number of para-hydroxylation sites is 1. The third-order valence-electron chi connectivity index (χ3n) is 4.24. The van der Waals surface area contributed by atoms with Crippen molar-refractivity contribution in [3.8, 4) is 0 Å². The highest BCUT2D eigenvalue weighted by Crippen LogP contribution is 2.39. The van der Waals surface area contributed by atoms with Crippen LogP contribution < -0.4 is 0 Å². The summed E-state index contributed by atoms with van der Waals surface area (Å²) < 4.78 is 16.8. The van der Waals surface area contributed by atoms with Crippen LogP contribution in [0.25, 0.3) is 10.9 Å². The maximum Gasteiger partial charge on any atom is 0.347 e. The fourth-order valence-electron chi connectivity index (χ4n) is 2.89. The molecular weight excluding hydrogens is 282 g/mol. The number of hydrogen-bond donors (Lipinski definition) is 0. The first-order valence-corrected chi connectivity index (χ1v) is 7.38. The van der Waals surface area contributed by atoms with Crippen LogP contribution in [0.5, 0.6) is 0 Å². The Morgan fingerprint density at radius 1 is 1.14 bits per heavy atom. The zero-order valence-electron chi connectivity index (χ0n) is 12.4. The molecule has 0 radical (unpaired) electrons. The Balaban J connectivity index is 1.62. The Kier molecular flexibility index (Phi) is 3.04. The fraction of sp³-hybridized carbons (Fsp3) is 0.412. The number of pyridine rings is 1. The van der Waals surface area contributed by atoms with Gasteiger partial charge in [-0.15, -0.1) is 0 Å². The fourth-order valence-corrected chi connectivity index (χ4v) is 2.89. The SMILES string of the molecule is CC12COC(C(=O)Cc3cccc4cccnc34)(OC1)OC2. The summed E-state index contributed by atoms with van der Waals surface area (Å²) in [5.74, 6) is -1.75. The van der Waals surface area contributed by atoms with Gasteiger partial charge in [0, 0.05) is 23.4 Å². The number of nitrogens with zero attached hydrogens (tertiary/aromatic N) is 1. The summed E-state index contributed by atoms with van der Waals surface area (Å²) in [4.78, 5) is 17.1. The molecule has 114 valence electrons. The number of fused-ring (bicyclic) bond motifs is 4. The average molecular weight is 299 g/mol. The van der Waals surface area contributed by atoms with Gasteiger partial charge in [-0.1, -0.05) is 31.2 Å². The predicted octanol–water partition coefficient (Wildman–Crippen LogP) is 2.08. The van der Waals surface area contributed by atoms with Gasteiger partial charge in [0.2, 0.25) is 5.78 Å². The van der Waals surface area contributed by atoms with E-state index in [0.717, 1.165) is 16.5 Å². The van der Waals surface area contributed by atoms with Crippen LogP contribution in [0.4, 0.5) is 0 Å². The Labute approximate surface area is 128 Å². The van der Waals surface area contributed by atoms with Crippen molar-refractivity contribution in [1.82, 2.24) is 4.98 Å². The van der Waals surface area contributed by atoms with Crippen molar-refractivity contribution in [1.29, 1.82) is 0 Å². The van der Waals surface area contributed by atoms with Gasteiger partial charge in [-0.3, -0.25) is 9.78 Å². The Hall–Kier alpha value is -1.82. The van der Waals surface area contributed by atoms with Gasteiger partial charge in [0.25, 0.3) is 0 Å². The Morgan fingerprint density at radius 2 is 1.82 bits per heavy atom. The summed E-state index contributed by atoms with van der Waals surface area (Å²) in [5.41, 5.74) is 1.53. The number of hydrogen-bond acceptors (Lipinski definition) is 5.